The number of nitrogens with zero attached hydrogens (tertiary/aromatic N) is 8. The molecule has 10 nitrogen and oxygen atoms in total. The number of ether oxygens (including phenoxy) is 1. The van der Waals surface area contributed by atoms with Gasteiger partial charge in [0.25, 0.3) is 12.9 Å². The predicted molar refractivity (Wildman–Crippen MR) is 232 cm³/mol. The Hall–Kier alpha value is -6.00. The highest BCUT2D eigenvalue weighted by Gasteiger charge is 2.26. The monoisotopic (exact) mass is 898 g/mol. The molecule has 0 saturated heterocycles. The van der Waals surface area contributed by atoms with E-state index in [4.69, 9.17) is 4.74 Å². The highest BCUT2D eigenvalue weighted by molar-refractivity contribution is 5.46. The van der Waals surface area contributed by atoms with E-state index in [9.17, 15) is 31.4 Å². The Morgan fingerprint density at radius 2 is 1.09 bits per heavy atom. The second-order valence-electron chi connectivity index (χ2n) is 17.2. The normalized spacial score (nSPS) is 14.8. The largest absolute Gasteiger partial charge is 0.389 e. The molecule has 3 aromatic carbocycles. The van der Waals surface area contributed by atoms with Gasteiger partial charge in [-0.05, 0) is 130 Å². The van der Waals surface area contributed by atoms with E-state index < -0.39 is 36.7 Å². The number of halogens is 6. The smallest absolute Gasteiger partial charge is 0.282 e. The number of aliphatic hydroxyl groups excluding tert-OH is 1. The minimum absolute atomic E-state index is 0.288. The lowest BCUT2D eigenvalue weighted by Gasteiger charge is -2.19. The molecule has 0 aliphatic heterocycles. The number of benzene rings is 3. The van der Waals surface area contributed by atoms with Crippen molar-refractivity contribution in [3.8, 4) is 11.4 Å². The van der Waals surface area contributed by atoms with Crippen molar-refractivity contribution < 1.29 is 36.2 Å². The van der Waals surface area contributed by atoms with E-state index in [0.29, 0.717) is 59.6 Å². The van der Waals surface area contributed by atoms with E-state index in [1.807, 2.05) is 72.9 Å². The van der Waals surface area contributed by atoms with Gasteiger partial charge < -0.3 is 9.84 Å². The number of hydrogen-bond donors (Lipinski definition) is 1. The van der Waals surface area contributed by atoms with E-state index in [2.05, 4.69) is 20.4 Å². The zero-order chi connectivity index (χ0) is 45.9. The Bertz CT molecular complexity index is 2720. The van der Waals surface area contributed by atoms with Gasteiger partial charge in [0.15, 0.2) is 0 Å². The van der Waals surface area contributed by atoms with Crippen LogP contribution in [0, 0.1) is 37.3 Å². The molecule has 0 radical (unpaired) electrons. The molecule has 2 aliphatic rings. The minimum atomic E-state index is -2.73. The lowest BCUT2D eigenvalue weighted by atomic mass is 10.1. The molecule has 9 rings (SSSR count). The summed E-state index contributed by atoms with van der Waals surface area (Å²) in [4.78, 5) is 0. The molecule has 0 unspecified atom stereocenters. The highest BCUT2D eigenvalue weighted by Crippen LogP contribution is 2.34. The Balaban J connectivity index is 0.000000181. The molecule has 7 aromatic rings. The topological polar surface area (TPSA) is 101 Å². The van der Waals surface area contributed by atoms with E-state index >= 15 is 0 Å². The molecule has 4 aromatic heterocycles. The van der Waals surface area contributed by atoms with E-state index in [0.717, 1.165) is 41.2 Å². The van der Waals surface area contributed by atoms with Crippen LogP contribution in [0.5, 0.6) is 0 Å². The lowest BCUT2D eigenvalue weighted by molar-refractivity contribution is 0.0522. The van der Waals surface area contributed by atoms with Crippen molar-refractivity contribution in [1.29, 1.82) is 0 Å². The molecular weight excluding hydrogens is 847 g/mol. The van der Waals surface area contributed by atoms with Crippen molar-refractivity contribution >= 4 is 0 Å². The van der Waals surface area contributed by atoms with Crippen molar-refractivity contribution in [3.05, 3.63) is 165 Å². The molecular formula is C49H52F6N8O2. The van der Waals surface area contributed by atoms with Gasteiger partial charge in [0, 0.05) is 60.8 Å². The Kier molecular flexibility index (Phi) is 13.8. The van der Waals surface area contributed by atoms with Gasteiger partial charge in [-0.25, -0.2) is 35.7 Å². The van der Waals surface area contributed by atoms with Gasteiger partial charge >= 0.3 is 0 Å². The Labute approximate surface area is 373 Å². The van der Waals surface area contributed by atoms with Gasteiger partial charge in [-0.1, -0.05) is 30.3 Å². The number of aromatic nitrogens is 8. The van der Waals surface area contributed by atoms with Crippen LogP contribution in [-0.4, -0.2) is 44.2 Å². The lowest BCUT2D eigenvalue weighted by Crippen LogP contribution is -2.11. The van der Waals surface area contributed by atoms with Gasteiger partial charge in [0.2, 0.25) is 0 Å². The maximum absolute atomic E-state index is 14.3. The van der Waals surface area contributed by atoms with Crippen molar-refractivity contribution in [2.45, 2.75) is 111 Å². The Morgan fingerprint density at radius 3 is 1.54 bits per heavy atom. The standard InChI is InChI=1S/C28H29F3N4O.C21H23F3N4O/c1-18-22(16-34(32-18)15-20-8-9-20)12-24-14-26(28(30)31)33-35(24)27-11-10-23(29)13-25(27)19(2)36-17-21-6-4-3-5-7-21;1-12-15(11-27(25-12)10-14-3-4-14)7-17-9-19(21(23)24)26-28(17)20-6-5-16(22)8-18(20)13(2)29/h3-7,10-11,13-14,16,19-20,28H,8-9,12,15,17H2,1-2H3;5-6,8-9,11,13-14,21,29H,3-4,7,10H2,1-2H3/t19-;13-/m11/s1. The molecule has 0 amide bonds. The molecule has 4 heterocycles. The molecule has 342 valence electrons. The van der Waals surface area contributed by atoms with Crippen molar-refractivity contribution in [3.63, 3.8) is 0 Å². The highest BCUT2D eigenvalue weighted by atomic mass is 19.3. The summed E-state index contributed by atoms with van der Waals surface area (Å²) in [5, 5.41) is 27.5. The van der Waals surface area contributed by atoms with Crippen LogP contribution in [-0.2, 0) is 37.3 Å². The first kappa shape index (κ1) is 45.6. The van der Waals surface area contributed by atoms with Gasteiger partial charge in [0.1, 0.15) is 23.0 Å². The summed E-state index contributed by atoms with van der Waals surface area (Å²) in [7, 11) is 0. The number of aryl methyl sites for hydroxylation is 2. The molecule has 2 saturated carbocycles. The summed E-state index contributed by atoms with van der Waals surface area (Å²) >= 11 is 0. The zero-order valence-corrected chi connectivity index (χ0v) is 36.7. The zero-order valence-electron chi connectivity index (χ0n) is 36.7. The van der Waals surface area contributed by atoms with Gasteiger partial charge in [-0.3, -0.25) is 9.36 Å². The predicted octanol–water partition coefficient (Wildman–Crippen LogP) is 11.2. The van der Waals surface area contributed by atoms with Gasteiger partial charge in [-0.2, -0.15) is 20.4 Å². The molecule has 0 bridgehead atoms. The van der Waals surface area contributed by atoms with Crippen LogP contribution in [0.2, 0.25) is 0 Å². The summed E-state index contributed by atoms with van der Waals surface area (Å²) < 4.78 is 94.9. The van der Waals surface area contributed by atoms with Gasteiger partial charge in [-0.15, -0.1) is 0 Å². The third-order valence-corrected chi connectivity index (χ3v) is 11.8. The second kappa shape index (κ2) is 19.6. The van der Waals surface area contributed by atoms with Crippen LogP contribution in [0.3, 0.4) is 0 Å². The van der Waals surface area contributed by atoms with E-state index in [-0.39, 0.29) is 17.0 Å². The SMILES string of the molecule is Cc1nn(CC2CC2)cc1Cc1cc(C(F)F)nn1-c1ccc(F)cc1[C@@H](C)O.Cc1nn(CC2CC2)cc1Cc1cc(C(F)F)nn1-c1ccc(F)cc1[C@@H](C)OCc1ccccc1. The quantitative estimate of drug-likeness (QED) is 0.0914. The first-order valence-electron chi connectivity index (χ1n) is 21.9. The van der Waals surface area contributed by atoms with Crippen molar-refractivity contribution in [2.75, 3.05) is 0 Å². The van der Waals surface area contributed by atoms with Crippen LogP contribution in [0.1, 0.15) is 127 Å². The van der Waals surface area contributed by atoms with Crippen molar-refractivity contribution in [2.24, 2.45) is 11.8 Å². The second-order valence-corrected chi connectivity index (χ2v) is 17.2. The number of aliphatic hydroxyl groups is 1. The molecule has 0 spiro atoms. The van der Waals surface area contributed by atoms with Crippen LogP contribution in [0.25, 0.3) is 11.4 Å². The van der Waals surface area contributed by atoms with Crippen molar-refractivity contribution in [1.82, 2.24) is 39.1 Å². The maximum Gasteiger partial charge on any atom is 0.282 e. The molecule has 1 N–H and O–H groups in total. The Morgan fingerprint density at radius 1 is 0.631 bits per heavy atom. The number of hydrogen-bond acceptors (Lipinski definition) is 6. The fourth-order valence-corrected chi connectivity index (χ4v) is 7.92. The molecule has 2 atom stereocenters. The molecule has 65 heavy (non-hydrogen) atoms. The van der Waals surface area contributed by atoms with E-state index in [1.54, 1.807) is 6.07 Å². The van der Waals surface area contributed by atoms with E-state index in [1.165, 1.54) is 84.4 Å². The third-order valence-electron chi connectivity index (χ3n) is 11.8. The number of alkyl halides is 4. The third kappa shape index (κ3) is 11.3. The minimum Gasteiger partial charge on any atom is -0.389 e. The molecule has 16 heteroatoms. The van der Waals surface area contributed by atoms with Crippen LogP contribution in [0.15, 0.2) is 91.3 Å². The fraction of sp³-hybridized carbons (Fsp3) is 0.388. The summed E-state index contributed by atoms with van der Waals surface area (Å²) in [5.41, 5.74) is 6.73. The summed E-state index contributed by atoms with van der Waals surface area (Å²) in [6, 6.07) is 20.6. The average molecular weight is 899 g/mol. The van der Waals surface area contributed by atoms with Crippen LogP contribution >= 0.6 is 0 Å². The van der Waals surface area contributed by atoms with Crippen LogP contribution in [0.4, 0.5) is 26.3 Å². The maximum atomic E-state index is 14.3. The van der Waals surface area contributed by atoms with Crippen LogP contribution < -0.4 is 0 Å². The molecule has 2 fully saturated rings. The first-order valence-corrected chi connectivity index (χ1v) is 21.9. The average Bonchev–Trinajstić information content (AvgIpc) is 4.11. The van der Waals surface area contributed by atoms with Gasteiger partial charge in [0.05, 0.1) is 41.6 Å². The fourth-order valence-electron chi connectivity index (χ4n) is 7.92. The summed E-state index contributed by atoms with van der Waals surface area (Å²) in [5.74, 6) is 0.409. The number of rotatable bonds is 17. The summed E-state index contributed by atoms with van der Waals surface area (Å²) in [6.07, 6.45) is 2.62. The summed E-state index contributed by atoms with van der Waals surface area (Å²) in [6.45, 7) is 9.23. The first-order chi connectivity index (χ1) is 31.2. The molecule has 2 aliphatic carbocycles.